The van der Waals surface area contributed by atoms with E-state index < -0.39 is 0 Å². The lowest BCUT2D eigenvalue weighted by Crippen LogP contribution is -2.25. The number of hydrogen-bond acceptors (Lipinski definition) is 2. The molecule has 0 atom stereocenters. The first kappa shape index (κ1) is 14.6. The van der Waals surface area contributed by atoms with Crippen molar-refractivity contribution in [2.75, 3.05) is 0 Å². The summed E-state index contributed by atoms with van der Waals surface area (Å²) in [5.74, 6) is -0.148. The highest BCUT2D eigenvalue weighted by Crippen LogP contribution is 2.14. The number of nitrogens with zero attached hydrogens (tertiary/aromatic N) is 1. The number of aliphatic hydroxyl groups is 1. The maximum atomic E-state index is 12.1. The Labute approximate surface area is 123 Å². The number of hydrogen-bond donors (Lipinski definition) is 2. The summed E-state index contributed by atoms with van der Waals surface area (Å²) in [5, 5.41) is 12.4. The number of halogens is 1. The van der Waals surface area contributed by atoms with Crippen LogP contribution in [0.3, 0.4) is 0 Å². The van der Waals surface area contributed by atoms with Crippen LogP contribution in [0.4, 0.5) is 0 Å². The molecular weight excluding hydrogens is 276 g/mol. The van der Waals surface area contributed by atoms with E-state index in [2.05, 4.69) is 5.32 Å². The number of aromatic nitrogens is 1. The molecule has 0 aliphatic rings. The largest absolute Gasteiger partial charge is 0.392 e. The van der Waals surface area contributed by atoms with Crippen LogP contribution in [0.5, 0.6) is 0 Å². The minimum atomic E-state index is -0.148. The molecule has 1 amide bonds. The number of rotatable bonds is 5. The minimum Gasteiger partial charge on any atom is -0.392 e. The fraction of sp³-hybridized carbons (Fsp3) is 0.267. The van der Waals surface area contributed by atoms with E-state index in [0.29, 0.717) is 23.8 Å². The van der Waals surface area contributed by atoms with Crippen LogP contribution in [0.2, 0.25) is 5.02 Å². The fourth-order valence-electron chi connectivity index (χ4n) is 1.96. The summed E-state index contributed by atoms with van der Waals surface area (Å²) in [4.78, 5) is 12.1. The number of carbonyl (C=O) groups excluding carboxylic acids is 1. The molecule has 0 unspecified atom stereocenters. The molecule has 0 bridgehead atoms. The highest BCUT2D eigenvalue weighted by atomic mass is 35.5. The number of carbonyl (C=O) groups is 1. The van der Waals surface area contributed by atoms with Gasteiger partial charge in [0.2, 0.25) is 0 Å². The molecule has 0 aliphatic heterocycles. The zero-order valence-corrected chi connectivity index (χ0v) is 12.0. The zero-order chi connectivity index (χ0) is 14.5. The lowest BCUT2D eigenvalue weighted by molar-refractivity contribution is 0.0941. The van der Waals surface area contributed by atoms with E-state index >= 15 is 0 Å². The van der Waals surface area contributed by atoms with Crippen LogP contribution in [0.25, 0.3) is 0 Å². The highest BCUT2D eigenvalue weighted by Gasteiger charge is 2.11. The lowest BCUT2D eigenvalue weighted by atomic mass is 10.1. The first-order valence-electron chi connectivity index (χ1n) is 6.46. The van der Waals surface area contributed by atoms with Crippen LogP contribution < -0.4 is 5.32 Å². The molecule has 106 valence electrons. The molecule has 1 aromatic carbocycles. The van der Waals surface area contributed by atoms with Crippen LogP contribution in [-0.4, -0.2) is 15.6 Å². The van der Waals surface area contributed by atoms with Gasteiger partial charge in [-0.25, -0.2) is 0 Å². The Balaban J connectivity index is 2.00. The van der Waals surface area contributed by atoms with E-state index in [1.165, 1.54) is 0 Å². The normalized spacial score (nSPS) is 10.6. The first-order valence-corrected chi connectivity index (χ1v) is 6.84. The Hall–Kier alpha value is -1.78. The van der Waals surface area contributed by atoms with Gasteiger partial charge in [-0.2, -0.15) is 0 Å². The highest BCUT2D eigenvalue weighted by molar-refractivity contribution is 6.31. The predicted octanol–water partition coefficient (Wildman–Crippen LogP) is 2.58. The van der Waals surface area contributed by atoms with E-state index in [1.807, 2.05) is 35.8 Å². The van der Waals surface area contributed by atoms with Gasteiger partial charge in [-0.15, -0.1) is 0 Å². The molecule has 2 aromatic rings. The summed E-state index contributed by atoms with van der Waals surface area (Å²) in [6.07, 6.45) is 1.74. The quantitative estimate of drug-likeness (QED) is 0.890. The number of aliphatic hydroxyl groups excluding tert-OH is 1. The summed E-state index contributed by atoms with van der Waals surface area (Å²) >= 11 is 5.91. The van der Waals surface area contributed by atoms with Gasteiger partial charge < -0.3 is 15.0 Å². The average Bonchev–Trinajstić information content (AvgIpc) is 2.86. The monoisotopic (exact) mass is 292 g/mol. The molecule has 0 saturated carbocycles. The summed E-state index contributed by atoms with van der Waals surface area (Å²) in [6, 6.07) is 9.12. The second-order valence-corrected chi connectivity index (χ2v) is 4.92. The molecule has 0 aliphatic carbocycles. The minimum absolute atomic E-state index is 0.0230. The smallest absolute Gasteiger partial charge is 0.268 e. The second kappa shape index (κ2) is 6.59. The second-order valence-electron chi connectivity index (χ2n) is 4.49. The molecule has 0 radical (unpaired) electrons. The molecule has 5 heteroatoms. The third-order valence-electron chi connectivity index (χ3n) is 3.10. The third-order valence-corrected chi connectivity index (χ3v) is 3.30. The molecule has 2 N–H and O–H groups in total. The number of aryl methyl sites for hydroxylation is 1. The topological polar surface area (TPSA) is 54.3 Å². The van der Waals surface area contributed by atoms with Crippen molar-refractivity contribution in [2.45, 2.75) is 26.6 Å². The Morgan fingerprint density at radius 2 is 1.95 bits per heavy atom. The van der Waals surface area contributed by atoms with Gasteiger partial charge in [0.1, 0.15) is 5.69 Å². The van der Waals surface area contributed by atoms with Crippen LogP contribution in [-0.2, 0) is 19.7 Å². The Morgan fingerprint density at radius 3 is 2.55 bits per heavy atom. The predicted molar refractivity (Wildman–Crippen MR) is 78.7 cm³/mol. The van der Waals surface area contributed by atoms with Crippen LogP contribution in [0, 0.1) is 0 Å². The zero-order valence-electron chi connectivity index (χ0n) is 11.3. The van der Waals surface area contributed by atoms with Crippen LogP contribution >= 0.6 is 11.6 Å². The summed E-state index contributed by atoms with van der Waals surface area (Å²) < 4.78 is 1.81. The standard InChI is InChI=1S/C15H17ClN2O2/c1-2-18-9-13(16)7-14(18)15(20)17-8-11-3-5-12(10-19)6-4-11/h3-7,9,19H,2,8,10H2,1H3,(H,17,20). The molecule has 4 nitrogen and oxygen atoms in total. The van der Waals surface area contributed by atoms with Gasteiger partial charge in [-0.1, -0.05) is 35.9 Å². The number of amides is 1. The molecule has 0 spiro atoms. The van der Waals surface area contributed by atoms with Crippen molar-refractivity contribution in [2.24, 2.45) is 0 Å². The fourth-order valence-corrected chi connectivity index (χ4v) is 2.18. The van der Waals surface area contributed by atoms with Crippen molar-refractivity contribution in [3.05, 3.63) is 58.4 Å². The van der Waals surface area contributed by atoms with Crippen molar-refractivity contribution in [3.8, 4) is 0 Å². The van der Waals surface area contributed by atoms with E-state index in [4.69, 9.17) is 16.7 Å². The summed E-state index contributed by atoms with van der Waals surface area (Å²) in [5.41, 5.74) is 2.40. The van der Waals surface area contributed by atoms with Crippen LogP contribution in [0.15, 0.2) is 36.5 Å². The molecule has 1 aromatic heterocycles. The molecular formula is C15H17ClN2O2. The molecule has 2 rings (SSSR count). The molecule has 0 saturated heterocycles. The van der Waals surface area contributed by atoms with Crippen molar-refractivity contribution in [1.82, 2.24) is 9.88 Å². The van der Waals surface area contributed by atoms with Crippen LogP contribution in [0.1, 0.15) is 28.5 Å². The number of nitrogens with one attached hydrogen (secondary N) is 1. The SMILES string of the molecule is CCn1cc(Cl)cc1C(=O)NCc1ccc(CO)cc1. The third kappa shape index (κ3) is 3.40. The summed E-state index contributed by atoms with van der Waals surface area (Å²) in [7, 11) is 0. The van der Waals surface area contributed by atoms with Gasteiger partial charge in [0, 0.05) is 19.3 Å². The van der Waals surface area contributed by atoms with Gasteiger partial charge in [-0.05, 0) is 24.1 Å². The van der Waals surface area contributed by atoms with Crippen molar-refractivity contribution in [3.63, 3.8) is 0 Å². The maximum Gasteiger partial charge on any atom is 0.268 e. The van der Waals surface area contributed by atoms with Gasteiger partial charge in [0.25, 0.3) is 5.91 Å². The Bertz CT molecular complexity index is 590. The van der Waals surface area contributed by atoms with E-state index in [9.17, 15) is 4.79 Å². The molecule has 0 fully saturated rings. The van der Waals surface area contributed by atoms with Gasteiger partial charge >= 0.3 is 0 Å². The van der Waals surface area contributed by atoms with Crippen molar-refractivity contribution < 1.29 is 9.90 Å². The number of benzene rings is 1. The summed E-state index contributed by atoms with van der Waals surface area (Å²) in [6.45, 7) is 3.12. The van der Waals surface area contributed by atoms with E-state index in [0.717, 1.165) is 11.1 Å². The van der Waals surface area contributed by atoms with Gasteiger partial charge in [0.15, 0.2) is 0 Å². The lowest BCUT2D eigenvalue weighted by Gasteiger charge is -2.08. The first-order chi connectivity index (χ1) is 9.63. The molecule has 20 heavy (non-hydrogen) atoms. The Morgan fingerprint density at radius 1 is 1.30 bits per heavy atom. The Kier molecular flexibility index (Phi) is 4.82. The van der Waals surface area contributed by atoms with Gasteiger partial charge in [0.05, 0.1) is 11.6 Å². The maximum absolute atomic E-state index is 12.1. The van der Waals surface area contributed by atoms with E-state index in [1.54, 1.807) is 12.3 Å². The van der Waals surface area contributed by atoms with E-state index in [-0.39, 0.29) is 12.5 Å². The van der Waals surface area contributed by atoms with Crippen molar-refractivity contribution in [1.29, 1.82) is 0 Å². The molecule has 1 heterocycles. The van der Waals surface area contributed by atoms with Crippen molar-refractivity contribution >= 4 is 17.5 Å². The average molecular weight is 293 g/mol. The van der Waals surface area contributed by atoms with Gasteiger partial charge in [-0.3, -0.25) is 4.79 Å².